The molecule has 0 aliphatic carbocycles. The molecule has 7 heteroatoms. The number of carboxylic acid groups (broad SMARTS) is 1. The molecule has 2 aromatic carbocycles. The summed E-state index contributed by atoms with van der Waals surface area (Å²) in [7, 11) is 0. The number of aromatic nitrogens is 1. The van der Waals surface area contributed by atoms with Crippen molar-refractivity contribution in [3.05, 3.63) is 71.4 Å². The standard InChI is InChI=1S/C20H16N4O3/c21-19(24-27-12-18(25)26)14-5-3-4-13(10-14)8-9-15-11-23-20(22)17-7-2-1-6-16(15)17/h1-7,10-11H,12H2,(H2,21,24)(H2,22,23)(H,25,26). The van der Waals surface area contributed by atoms with E-state index in [4.69, 9.17) is 16.6 Å². The fraction of sp³-hybridized carbons (Fsp3) is 0.0500. The Morgan fingerprint density at radius 2 is 1.93 bits per heavy atom. The van der Waals surface area contributed by atoms with Crippen LogP contribution in [0.4, 0.5) is 5.82 Å². The number of pyridine rings is 1. The quantitative estimate of drug-likeness (QED) is 0.283. The van der Waals surface area contributed by atoms with Crippen molar-refractivity contribution in [2.24, 2.45) is 10.9 Å². The SMILES string of the molecule is N/C(=N\OCC(=O)O)c1cccc(C#Cc2cnc(N)c3ccccc23)c1. The lowest BCUT2D eigenvalue weighted by molar-refractivity contribution is -0.142. The number of hydrogen-bond acceptors (Lipinski definition) is 5. The van der Waals surface area contributed by atoms with Gasteiger partial charge in [-0.05, 0) is 12.1 Å². The van der Waals surface area contributed by atoms with Gasteiger partial charge in [0.2, 0.25) is 6.61 Å². The Balaban J connectivity index is 1.88. The Hall–Kier alpha value is -4.05. The lowest BCUT2D eigenvalue weighted by atomic mass is 10.1. The predicted octanol–water partition coefficient (Wildman–Crippen LogP) is 1.94. The molecule has 0 amide bonds. The van der Waals surface area contributed by atoms with Crippen LogP contribution in [0, 0.1) is 11.8 Å². The highest BCUT2D eigenvalue weighted by Gasteiger charge is 2.04. The molecule has 7 nitrogen and oxygen atoms in total. The van der Waals surface area contributed by atoms with Crippen LogP contribution < -0.4 is 11.5 Å². The third-order valence-corrected chi connectivity index (χ3v) is 3.68. The molecular weight excluding hydrogens is 344 g/mol. The number of anilines is 1. The summed E-state index contributed by atoms with van der Waals surface area (Å²) in [5, 5.41) is 13.9. The minimum absolute atomic E-state index is 0.0690. The van der Waals surface area contributed by atoms with E-state index in [1.165, 1.54) is 0 Å². The number of nitrogen functional groups attached to an aromatic ring is 1. The average Bonchev–Trinajstić information content (AvgIpc) is 2.67. The number of fused-ring (bicyclic) bond motifs is 1. The Morgan fingerprint density at radius 1 is 1.15 bits per heavy atom. The van der Waals surface area contributed by atoms with E-state index in [9.17, 15) is 4.79 Å². The zero-order valence-corrected chi connectivity index (χ0v) is 14.2. The molecule has 27 heavy (non-hydrogen) atoms. The molecule has 0 bridgehead atoms. The molecule has 5 N–H and O–H groups in total. The maximum Gasteiger partial charge on any atom is 0.344 e. The zero-order chi connectivity index (χ0) is 19.2. The van der Waals surface area contributed by atoms with Crippen LogP contribution in [0.5, 0.6) is 0 Å². The van der Waals surface area contributed by atoms with Crippen LogP contribution >= 0.6 is 0 Å². The van der Waals surface area contributed by atoms with Gasteiger partial charge < -0.3 is 21.4 Å². The van der Waals surface area contributed by atoms with Gasteiger partial charge in [-0.25, -0.2) is 9.78 Å². The Labute approximate surface area is 155 Å². The first-order valence-corrected chi connectivity index (χ1v) is 7.97. The number of hydrogen-bond donors (Lipinski definition) is 3. The van der Waals surface area contributed by atoms with Gasteiger partial charge in [-0.15, -0.1) is 0 Å². The topological polar surface area (TPSA) is 124 Å². The molecule has 0 aliphatic rings. The largest absolute Gasteiger partial charge is 0.479 e. The molecule has 0 saturated heterocycles. The second-order valence-corrected chi connectivity index (χ2v) is 5.58. The number of nitrogens with zero attached hydrogens (tertiary/aromatic N) is 2. The second kappa shape index (κ2) is 7.89. The third-order valence-electron chi connectivity index (χ3n) is 3.68. The van der Waals surface area contributed by atoms with E-state index in [0.717, 1.165) is 16.3 Å². The van der Waals surface area contributed by atoms with Gasteiger partial charge >= 0.3 is 5.97 Å². The van der Waals surface area contributed by atoms with Crippen molar-refractivity contribution in [3.8, 4) is 11.8 Å². The van der Waals surface area contributed by atoms with Gasteiger partial charge in [-0.1, -0.05) is 53.4 Å². The Kier molecular flexibility index (Phi) is 5.19. The smallest absolute Gasteiger partial charge is 0.344 e. The lowest BCUT2D eigenvalue weighted by Crippen LogP contribution is -2.15. The van der Waals surface area contributed by atoms with Crippen LogP contribution in [0.1, 0.15) is 16.7 Å². The monoisotopic (exact) mass is 360 g/mol. The van der Waals surface area contributed by atoms with Gasteiger partial charge in [0.05, 0.1) is 5.56 Å². The summed E-state index contributed by atoms with van der Waals surface area (Å²) in [5.74, 6) is 5.56. The van der Waals surface area contributed by atoms with E-state index in [2.05, 4.69) is 26.8 Å². The molecule has 0 saturated carbocycles. The van der Waals surface area contributed by atoms with Gasteiger partial charge in [-0.2, -0.15) is 0 Å². The molecule has 0 radical (unpaired) electrons. The fourth-order valence-electron chi connectivity index (χ4n) is 2.42. The Morgan fingerprint density at radius 3 is 2.70 bits per heavy atom. The van der Waals surface area contributed by atoms with E-state index < -0.39 is 12.6 Å². The lowest BCUT2D eigenvalue weighted by Gasteiger charge is -2.03. The molecule has 0 fully saturated rings. The van der Waals surface area contributed by atoms with Gasteiger partial charge in [0.1, 0.15) is 5.82 Å². The summed E-state index contributed by atoms with van der Waals surface area (Å²) in [6, 6.07) is 14.7. The van der Waals surface area contributed by atoms with E-state index >= 15 is 0 Å². The van der Waals surface area contributed by atoms with Crippen LogP contribution in [0.3, 0.4) is 0 Å². The third kappa shape index (κ3) is 4.32. The summed E-state index contributed by atoms with van der Waals surface area (Å²) in [5.41, 5.74) is 13.8. The van der Waals surface area contributed by atoms with E-state index in [0.29, 0.717) is 16.9 Å². The Bertz CT molecular complexity index is 1100. The van der Waals surface area contributed by atoms with Crippen LogP contribution in [-0.2, 0) is 9.63 Å². The first-order valence-electron chi connectivity index (χ1n) is 7.97. The summed E-state index contributed by atoms with van der Waals surface area (Å²) in [6.07, 6.45) is 1.64. The fourth-order valence-corrected chi connectivity index (χ4v) is 2.42. The van der Waals surface area contributed by atoms with Gasteiger partial charge in [0, 0.05) is 28.1 Å². The van der Waals surface area contributed by atoms with Gasteiger partial charge in [0.25, 0.3) is 0 Å². The highest BCUT2D eigenvalue weighted by molar-refractivity contribution is 5.97. The number of oxime groups is 1. The minimum Gasteiger partial charge on any atom is -0.479 e. The average molecular weight is 360 g/mol. The van der Waals surface area contributed by atoms with E-state index in [1.807, 2.05) is 30.3 Å². The first-order chi connectivity index (χ1) is 13.0. The second-order valence-electron chi connectivity index (χ2n) is 5.58. The number of amidine groups is 1. The zero-order valence-electron chi connectivity index (χ0n) is 14.2. The number of aliphatic carboxylic acids is 1. The van der Waals surface area contributed by atoms with Crippen LogP contribution in [0.25, 0.3) is 10.8 Å². The molecule has 3 aromatic rings. The molecule has 0 aliphatic heterocycles. The van der Waals surface area contributed by atoms with Crippen molar-refractivity contribution in [1.82, 2.24) is 4.98 Å². The van der Waals surface area contributed by atoms with Crippen LogP contribution in [0.15, 0.2) is 59.9 Å². The van der Waals surface area contributed by atoms with Gasteiger partial charge in [0.15, 0.2) is 5.84 Å². The summed E-state index contributed by atoms with van der Waals surface area (Å²) in [4.78, 5) is 19.3. The molecule has 3 rings (SSSR count). The van der Waals surface area contributed by atoms with Crippen molar-refractivity contribution in [2.45, 2.75) is 0 Å². The molecule has 0 atom stereocenters. The van der Waals surface area contributed by atoms with Crippen molar-refractivity contribution < 1.29 is 14.7 Å². The normalized spacial score (nSPS) is 10.9. The van der Waals surface area contributed by atoms with Crippen molar-refractivity contribution in [3.63, 3.8) is 0 Å². The summed E-state index contributed by atoms with van der Waals surface area (Å²) < 4.78 is 0. The number of carbonyl (C=O) groups is 1. The van der Waals surface area contributed by atoms with Crippen molar-refractivity contribution in [2.75, 3.05) is 12.3 Å². The minimum atomic E-state index is -1.13. The molecule has 0 spiro atoms. The van der Waals surface area contributed by atoms with E-state index in [1.54, 1.807) is 24.4 Å². The molecule has 1 aromatic heterocycles. The maximum absolute atomic E-state index is 10.4. The number of rotatable bonds is 4. The van der Waals surface area contributed by atoms with E-state index in [-0.39, 0.29) is 5.84 Å². The molecule has 0 unspecified atom stereocenters. The van der Waals surface area contributed by atoms with Gasteiger partial charge in [-0.3, -0.25) is 0 Å². The highest BCUT2D eigenvalue weighted by atomic mass is 16.6. The maximum atomic E-state index is 10.4. The summed E-state index contributed by atoms with van der Waals surface area (Å²) in [6.45, 7) is -0.558. The number of benzene rings is 2. The molecule has 1 heterocycles. The molecular formula is C20H16N4O3. The number of carboxylic acids is 1. The molecule has 134 valence electrons. The van der Waals surface area contributed by atoms with Crippen LogP contribution in [-0.4, -0.2) is 28.5 Å². The first kappa shape index (κ1) is 17.8. The predicted molar refractivity (Wildman–Crippen MR) is 103 cm³/mol. The van der Waals surface area contributed by atoms with Crippen molar-refractivity contribution in [1.29, 1.82) is 0 Å². The number of nitrogens with two attached hydrogens (primary N) is 2. The van der Waals surface area contributed by atoms with Crippen LogP contribution in [0.2, 0.25) is 0 Å². The summed E-state index contributed by atoms with van der Waals surface area (Å²) >= 11 is 0. The highest BCUT2D eigenvalue weighted by Crippen LogP contribution is 2.21. The van der Waals surface area contributed by atoms with Crippen molar-refractivity contribution >= 4 is 28.4 Å².